The number of carbonyl (C=O) groups excluding carboxylic acids is 1. The third kappa shape index (κ3) is 4.44. The van der Waals surface area contributed by atoms with Crippen LogP contribution in [0.1, 0.15) is 32.7 Å². The van der Waals surface area contributed by atoms with Gasteiger partial charge in [-0.1, -0.05) is 54.6 Å². The maximum Gasteiger partial charge on any atom is 0.342 e. The Balaban J connectivity index is 1.59. The Labute approximate surface area is 147 Å². The smallest absolute Gasteiger partial charge is 0.342 e. The molecule has 0 saturated carbocycles. The maximum absolute atomic E-state index is 12.1. The number of esters is 1. The monoisotopic (exact) mass is 332 g/mol. The van der Waals surface area contributed by atoms with Crippen LogP contribution in [0.3, 0.4) is 0 Å². The van der Waals surface area contributed by atoms with Gasteiger partial charge in [0.1, 0.15) is 18.0 Å². The number of nitrogens with zero attached hydrogens (tertiary/aromatic N) is 1. The van der Waals surface area contributed by atoms with Gasteiger partial charge < -0.3 is 10.5 Å². The fraction of sp³-hybridized carbons (Fsp3) is 0.143. The molecule has 1 heterocycles. The zero-order valence-electron chi connectivity index (χ0n) is 14.1. The average molecular weight is 332 g/mol. The molecule has 0 atom stereocenters. The van der Waals surface area contributed by atoms with Crippen LogP contribution in [0.2, 0.25) is 0 Å². The second-order valence-corrected chi connectivity index (χ2v) is 5.94. The fourth-order valence-electron chi connectivity index (χ4n) is 2.56. The van der Waals surface area contributed by atoms with Gasteiger partial charge in [0, 0.05) is 5.69 Å². The van der Waals surface area contributed by atoms with Crippen LogP contribution < -0.4 is 5.73 Å². The molecule has 3 aromatic rings. The van der Waals surface area contributed by atoms with E-state index in [1.165, 1.54) is 11.1 Å². The summed E-state index contributed by atoms with van der Waals surface area (Å²) in [4.78, 5) is 16.2. The summed E-state index contributed by atoms with van der Waals surface area (Å²) < 4.78 is 5.33. The molecule has 0 bridgehead atoms. The lowest BCUT2D eigenvalue weighted by atomic mass is 10.0. The lowest BCUT2D eigenvalue weighted by molar-refractivity contribution is 0.0473. The fourth-order valence-corrected chi connectivity index (χ4v) is 2.56. The van der Waals surface area contributed by atoms with Crippen molar-refractivity contribution in [3.05, 3.63) is 94.7 Å². The van der Waals surface area contributed by atoms with Gasteiger partial charge in [-0.05, 0) is 42.2 Å². The number of nitrogens with two attached hydrogens (primary N) is 1. The van der Waals surface area contributed by atoms with E-state index < -0.39 is 5.97 Å². The van der Waals surface area contributed by atoms with E-state index in [0.29, 0.717) is 5.56 Å². The van der Waals surface area contributed by atoms with Crippen molar-refractivity contribution in [2.75, 3.05) is 5.73 Å². The van der Waals surface area contributed by atoms with Gasteiger partial charge in [0.2, 0.25) is 0 Å². The van der Waals surface area contributed by atoms with E-state index in [1.54, 1.807) is 12.1 Å². The molecule has 126 valence electrons. The summed E-state index contributed by atoms with van der Waals surface area (Å²) in [6.45, 7) is 2.03. The van der Waals surface area contributed by atoms with Crippen LogP contribution in [0.5, 0.6) is 0 Å². The number of pyridine rings is 1. The van der Waals surface area contributed by atoms with Crippen LogP contribution in [-0.4, -0.2) is 11.0 Å². The minimum Gasteiger partial charge on any atom is -0.457 e. The predicted molar refractivity (Wildman–Crippen MR) is 98.2 cm³/mol. The van der Waals surface area contributed by atoms with Crippen molar-refractivity contribution in [1.82, 2.24) is 4.98 Å². The Bertz CT molecular complexity index is 859. The summed E-state index contributed by atoms with van der Waals surface area (Å²) in [5.41, 5.74) is 10.3. The number of nitrogen functional groups attached to an aromatic ring is 1. The Morgan fingerprint density at radius 3 is 2.24 bits per heavy atom. The molecule has 0 aliphatic heterocycles. The first kappa shape index (κ1) is 16.7. The highest BCUT2D eigenvalue weighted by atomic mass is 16.5. The largest absolute Gasteiger partial charge is 0.457 e. The molecule has 0 spiro atoms. The van der Waals surface area contributed by atoms with Crippen LogP contribution in [0.25, 0.3) is 0 Å². The molecule has 0 fully saturated rings. The van der Waals surface area contributed by atoms with Crippen LogP contribution in [0.15, 0.2) is 66.7 Å². The summed E-state index contributed by atoms with van der Waals surface area (Å²) in [5.74, 6) is -0.262. The number of anilines is 1. The number of ether oxygens (including phenoxy) is 1. The summed E-state index contributed by atoms with van der Waals surface area (Å²) in [7, 11) is 0. The van der Waals surface area contributed by atoms with Gasteiger partial charge in [0.25, 0.3) is 0 Å². The SMILES string of the molecule is Cc1ccc(C(=O)OCc2ccc(Cc3ccccc3)cc2)c(N)n1. The number of aryl methyl sites for hydroxylation is 1. The van der Waals surface area contributed by atoms with Gasteiger partial charge in [-0.25, -0.2) is 9.78 Å². The van der Waals surface area contributed by atoms with Crippen molar-refractivity contribution < 1.29 is 9.53 Å². The first-order valence-corrected chi connectivity index (χ1v) is 8.14. The number of hydrogen-bond donors (Lipinski definition) is 1. The molecule has 0 amide bonds. The molecule has 0 saturated heterocycles. The van der Waals surface area contributed by atoms with Crippen molar-refractivity contribution in [2.24, 2.45) is 0 Å². The Morgan fingerprint density at radius 1 is 0.920 bits per heavy atom. The molecule has 4 nitrogen and oxygen atoms in total. The normalized spacial score (nSPS) is 10.4. The van der Waals surface area contributed by atoms with Crippen molar-refractivity contribution in [3.63, 3.8) is 0 Å². The van der Waals surface area contributed by atoms with Gasteiger partial charge in [-0.2, -0.15) is 0 Å². The van der Waals surface area contributed by atoms with Crippen LogP contribution in [0.4, 0.5) is 5.82 Å². The molecule has 1 aromatic heterocycles. The first-order valence-electron chi connectivity index (χ1n) is 8.14. The molecule has 3 rings (SSSR count). The van der Waals surface area contributed by atoms with Crippen LogP contribution in [0, 0.1) is 6.92 Å². The predicted octanol–water partition coefficient (Wildman–Crippen LogP) is 3.92. The minimum absolute atomic E-state index is 0.197. The Hall–Kier alpha value is -3.14. The number of carbonyl (C=O) groups is 1. The Kier molecular flexibility index (Phi) is 5.09. The van der Waals surface area contributed by atoms with E-state index in [1.807, 2.05) is 37.3 Å². The van der Waals surface area contributed by atoms with E-state index in [2.05, 4.69) is 29.2 Å². The second-order valence-electron chi connectivity index (χ2n) is 5.94. The molecule has 2 aromatic carbocycles. The standard InChI is InChI=1S/C21H20N2O2/c1-15-7-12-19(20(22)23-15)21(24)25-14-18-10-8-17(9-11-18)13-16-5-3-2-4-6-16/h2-12H,13-14H2,1H3,(H2,22,23). The highest BCUT2D eigenvalue weighted by Crippen LogP contribution is 2.14. The maximum atomic E-state index is 12.1. The molecule has 0 aliphatic carbocycles. The van der Waals surface area contributed by atoms with Crippen molar-refractivity contribution >= 4 is 11.8 Å². The van der Waals surface area contributed by atoms with Crippen molar-refractivity contribution in [3.8, 4) is 0 Å². The molecule has 0 radical (unpaired) electrons. The quantitative estimate of drug-likeness (QED) is 0.719. The van der Waals surface area contributed by atoms with E-state index >= 15 is 0 Å². The Morgan fingerprint density at radius 2 is 1.56 bits per heavy atom. The van der Waals surface area contributed by atoms with Gasteiger partial charge in [-0.15, -0.1) is 0 Å². The molecule has 0 unspecified atom stereocenters. The molecular formula is C21H20N2O2. The van der Waals surface area contributed by atoms with E-state index in [0.717, 1.165) is 17.7 Å². The molecule has 0 aliphatic rings. The molecular weight excluding hydrogens is 312 g/mol. The summed E-state index contributed by atoms with van der Waals surface area (Å²) >= 11 is 0. The number of benzene rings is 2. The number of hydrogen-bond acceptors (Lipinski definition) is 4. The lowest BCUT2D eigenvalue weighted by Crippen LogP contribution is -2.10. The zero-order chi connectivity index (χ0) is 17.6. The minimum atomic E-state index is -0.460. The van der Waals surface area contributed by atoms with E-state index in [-0.39, 0.29) is 12.4 Å². The zero-order valence-corrected chi connectivity index (χ0v) is 14.1. The summed E-state index contributed by atoms with van der Waals surface area (Å²) in [6, 6.07) is 21.7. The highest BCUT2D eigenvalue weighted by molar-refractivity contribution is 5.94. The topological polar surface area (TPSA) is 65.2 Å². The van der Waals surface area contributed by atoms with Crippen molar-refractivity contribution in [2.45, 2.75) is 20.0 Å². The van der Waals surface area contributed by atoms with Gasteiger partial charge in [0.15, 0.2) is 0 Å². The lowest BCUT2D eigenvalue weighted by Gasteiger charge is -2.08. The second kappa shape index (κ2) is 7.62. The third-order valence-electron chi connectivity index (χ3n) is 3.93. The highest BCUT2D eigenvalue weighted by Gasteiger charge is 2.12. The van der Waals surface area contributed by atoms with Crippen LogP contribution in [-0.2, 0) is 17.8 Å². The van der Waals surface area contributed by atoms with Gasteiger partial charge >= 0.3 is 5.97 Å². The average Bonchev–Trinajstić information content (AvgIpc) is 2.62. The third-order valence-corrected chi connectivity index (χ3v) is 3.93. The molecule has 2 N–H and O–H groups in total. The number of rotatable bonds is 5. The van der Waals surface area contributed by atoms with Crippen molar-refractivity contribution in [1.29, 1.82) is 0 Å². The van der Waals surface area contributed by atoms with Gasteiger partial charge in [-0.3, -0.25) is 0 Å². The van der Waals surface area contributed by atoms with E-state index in [9.17, 15) is 4.79 Å². The van der Waals surface area contributed by atoms with E-state index in [4.69, 9.17) is 10.5 Å². The summed E-state index contributed by atoms with van der Waals surface area (Å²) in [5, 5.41) is 0. The molecule has 25 heavy (non-hydrogen) atoms. The molecule has 4 heteroatoms. The van der Waals surface area contributed by atoms with Gasteiger partial charge in [0.05, 0.1) is 0 Å². The van der Waals surface area contributed by atoms with Crippen LogP contribution >= 0.6 is 0 Å². The first-order chi connectivity index (χ1) is 12.1. The summed E-state index contributed by atoms with van der Waals surface area (Å²) in [6.07, 6.45) is 0.881. The number of aromatic nitrogens is 1.